The Hall–Kier alpha value is -2.35. The molecule has 2 aromatic carbocycles. The standard InChI is InChI=1S/C17H16N2/c1-14-12-18-13-19(14)17-10-6-5-9-16(17)11-15-7-3-2-4-8-15/h2-10,12-13H,11H2,1H3. The minimum atomic E-state index is 0.939. The Morgan fingerprint density at radius 2 is 1.68 bits per heavy atom. The molecule has 1 aromatic heterocycles. The molecule has 0 N–H and O–H groups in total. The second kappa shape index (κ2) is 5.11. The highest BCUT2D eigenvalue weighted by Crippen LogP contribution is 2.19. The fourth-order valence-corrected chi connectivity index (χ4v) is 2.32. The van der Waals surface area contributed by atoms with E-state index in [0.717, 1.165) is 12.1 Å². The number of para-hydroxylation sites is 1. The third kappa shape index (κ3) is 2.43. The first kappa shape index (κ1) is 11.7. The van der Waals surface area contributed by atoms with Gasteiger partial charge in [-0.3, -0.25) is 0 Å². The maximum atomic E-state index is 4.21. The first-order valence-corrected chi connectivity index (χ1v) is 6.46. The van der Waals surface area contributed by atoms with Crippen LogP contribution in [0.4, 0.5) is 0 Å². The summed E-state index contributed by atoms with van der Waals surface area (Å²) in [5.74, 6) is 0. The highest BCUT2D eigenvalue weighted by molar-refractivity contribution is 5.44. The van der Waals surface area contributed by atoms with Gasteiger partial charge in [-0.1, -0.05) is 48.5 Å². The Bertz CT molecular complexity index is 668. The maximum absolute atomic E-state index is 4.21. The summed E-state index contributed by atoms with van der Waals surface area (Å²) in [5.41, 5.74) is 5.00. The quantitative estimate of drug-likeness (QED) is 0.690. The molecule has 0 saturated carbocycles. The van der Waals surface area contributed by atoms with Crippen LogP contribution in [0, 0.1) is 6.92 Å². The zero-order chi connectivity index (χ0) is 13.1. The molecule has 0 aliphatic heterocycles. The number of rotatable bonds is 3. The summed E-state index contributed by atoms with van der Waals surface area (Å²) in [6.07, 6.45) is 4.70. The average Bonchev–Trinajstić information content (AvgIpc) is 2.87. The van der Waals surface area contributed by atoms with Gasteiger partial charge in [-0.05, 0) is 30.5 Å². The van der Waals surface area contributed by atoms with Gasteiger partial charge < -0.3 is 4.57 Å². The van der Waals surface area contributed by atoms with Crippen molar-refractivity contribution in [3.63, 3.8) is 0 Å². The van der Waals surface area contributed by atoms with Gasteiger partial charge in [0.15, 0.2) is 0 Å². The van der Waals surface area contributed by atoms with Gasteiger partial charge in [0.05, 0.1) is 12.0 Å². The van der Waals surface area contributed by atoms with Crippen molar-refractivity contribution < 1.29 is 0 Å². The van der Waals surface area contributed by atoms with Gasteiger partial charge in [0, 0.05) is 11.9 Å². The van der Waals surface area contributed by atoms with E-state index in [2.05, 4.69) is 71.1 Å². The van der Waals surface area contributed by atoms with Crippen LogP contribution in [-0.4, -0.2) is 9.55 Å². The Morgan fingerprint density at radius 3 is 2.42 bits per heavy atom. The van der Waals surface area contributed by atoms with E-state index >= 15 is 0 Å². The second-order valence-electron chi connectivity index (χ2n) is 4.70. The summed E-state index contributed by atoms with van der Waals surface area (Å²) in [5, 5.41) is 0. The van der Waals surface area contributed by atoms with Gasteiger partial charge in [0.1, 0.15) is 0 Å². The van der Waals surface area contributed by atoms with E-state index in [-0.39, 0.29) is 0 Å². The third-order valence-electron chi connectivity index (χ3n) is 3.31. The Labute approximate surface area is 113 Å². The molecule has 0 spiro atoms. The molecular formula is C17H16N2. The normalized spacial score (nSPS) is 10.6. The van der Waals surface area contributed by atoms with Crippen molar-refractivity contribution in [2.75, 3.05) is 0 Å². The summed E-state index contributed by atoms with van der Waals surface area (Å²) in [4.78, 5) is 4.21. The van der Waals surface area contributed by atoms with Crippen LogP contribution in [0.25, 0.3) is 5.69 Å². The minimum Gasteiger partial charge on any atom is -0.303 e. The first-order valence-electron chi connectivity index (χ1n) is 6.46. The van der Waals surface area contributed by atoms with E-state index in [0.29, 0.717) is 0 Å². The van der Waals surface area contributed by atoms with Crippen LogP contribution in [-0.2, 0) is 6.42 Å². The molecule has 94 valence electrons. The SMILES string of the molecule is Cc1cncn1-c1ccccc1Cc1ccccc1. The van der Waals surface area contributed by atoms with Crippen molar-refractivity contribution in [3.8, 4) is 5.69 Å². The maximum Gasteiger partial charge on any atom is 0.0994 e. The van der Waals surface area contributed by atoms with Crippen LogP contribution in [0.5, 0.6) is 0 Å². The van der Waals surface area contributed by atoms with Crippen molar-refractivity contribution in [3.05, 3.63) is 83.9 Å². The Kier molecular flexibility index (Phi) is 3.15. The molecule has 0 unspecified atom stereocenters. The predicted octanol–water partition coefficient (Wildman–Crippen LogP) is 3.77. The molecule has 0 fully saturated rings. The monoisotopic (exact) mass is 248 g/mol. The van der Waals surface area contributed by atoms with Crippen molar-refractivity contribution in [1.29, 1.82) is 0 Å². The largest absolute Gasteiger partial charge is 0.303 e. The highest BCUT2D eigenvalue weighted by Gasteiger charge is 2.06. The fraction of sp³-hybridized carbons (Fsp3) is 0.118. The van der Waals surface area contributed by atoms with Crippen LogP contribution in [0.1, 0.15) is 16.8 Å². The molecule has 0 aliphatic rings. The van der Waals surface area contributed by atoms with Crippen LogP contribution in [0.2, 0.25) is 0 Å². The molecule has 19 heavy (non-hydrogen) atoms. The molecular weight excluding hydrogens is 232 g/mol. The smallest absolute Gasteiger partial charge is 0.0994 e. The lowest BCUT2D eigenvalue weighted by Crippen LogP contribution is -2.00. The van der Waals surface area contributed by atoms with E-state index in [9.17, 15) is 0 Å². The Morgan fingerprint density at radius 1 is 0.947 bits per heavy atom. The average molecular weight is 248 g/mol. The number of hydrogen-bond donors (Lipinski definition) is 0. The molecule has 1 heterocycles. The molecule has 0 radical (unpaired) electrons. The van der Waals surface area contributed by atoms with Crippen LogP contribution < -0.4 is 0 Å². The summed E-state index contributed by atoms with van der Waals surface area (Å²) in [7, 11) is 0. The number of hydrogen-bond acceptors (Lipinski definition) is 1. The zero-order valence-electron chi connectivity index (χ0n) is 11.0. The molecule has 0 atom stereocenters. The van der Waals surface area contributed by atoms with Crippen molar-refractivity contribution in [1.82, 2.24) is 9.55 Å². The predicted molar refractivity (Wildman–Crippen MR) is 77.5 cm³/mol. The lowest BCUT2D eigenvalue weighted by Gasteiger charge is -2.12. The summed E-state index contributed by atoms with van der Waals surface area (Å²) < 4.78 is 2.14. The van der Waals surface area contributed by atoms with Gasteiger partial charge in [-0.25, -0.2) is 4.98 Å². The van der Waals surface area contributed by atoms with Gasteiger partial charge in [0.2, 0.25) is 0 Å². The van der Waals surface area contributed by atoms with E-state index in [4.69, 9.17) is 0 Å². The topological polar surface area (TPSA) is 17.8 Å². The molecule has 3 rings (SSSR count). The summed E-state index contributed by atoms with van der Waals surface area (Å²) >= 11 is 0. The number of aryl methyl sites for hydroxylation is 1. The molecule has 2 nitrogen and oxygen atoms in total. The van der Waals surface area contributed by atoms with Crippen LogP contribution in [0.15, 0.2) is 67.1 Å². The number of nitrogens with zero attached hydrogens (tertiary/aromatic N) is 2. The van der Waals surface area contributed by atoms with Crippen molar-refractivity contribution in [2.45, 2.75) is 13.3 Å². The molecule has 2 heteroatoms. The van der Waals surface area contributed by atoms with E-state index in [1.807, 2.05) is 12.5 Å². The number of imidazole rings is 1. The molecule has 3 aromatic rings. The van der Waals surface area contributed by atoms with Gasteiger partial charge >= 0.3 is 0 Å². The third-order valence-corrected chi connectivity index (χ3v) is 3.31. The van der Waals surface area contributed by atoms with E-state index in [1.54, 1.807) is 0 Å². The highest BCUT2D eigenvalue weighted by atomic mass is 15.0. The molecule has 0 bridgehead atoms. The van der Waals surface area contributed by atoms with Crippen LogP contribution in [0.3, 0.4) is 0 Å². The lowest BCUT2D eigenvalue weighted by molar-refractivity contribution is 0.976. The molecule has 0 amide bonds. The minimum absolute atomic E-state index is 0.939. The number of benzene rings is 2. The van der Waals surface area contributed by atoms with Crippen molar-refractivity contribution in [2.24, 2.45) is 0 Å². The van der Waals surface area contributed by atoms with Crippen LogP contribution >= 0.6 is 0 Å². The lowest BCUT2D eigenvalue weighted by atomic mass is 10.0. The molecule has 0 saturated heterocycles. The van der Waals surface area contributed by atoms with Crippen molar-refractivity contribution >= 4 is 0 Å². The van der Waals surface area contributed by atoms with E-state index < -0.39 is 0 Å². The van der Waals surface area contributed by atoms with Gasteiger partial charge in [-0.2, -0.15) is 0 Å². The number of aromatic nitrogens is 2. The zero-order valence-corrected chi connectivity index (χ0v) is 11.0. The summed E-state index contributed by atoms with van der Waals surface area (Å²) in [6, 6.07) is 19.0. The van der Waals surface area contributed by atoms with Gasteiger partial charge in [-0.15, -0.1) is 0 Å². The molecule has 0 aliphatic carbocycles. The van der Waals surface area contributed by atoms with E-state index in [1.165, 1.54) is 16.8 Å². The second-order valence-corrected chi connectivity index (χ2v) is 4.70. The Balaban J connectivity index is 2.01. The summed E-state index contributed by atoms with van der Waals surface area (Å²) in [6.45, 7) is 2.08. The fourth-order valence-electron chi connectivity index (χ4n) is 2.32. The van der Waals surface area contributed by atoms with Gasteiger partial charge in [0.25, 0.3) is 0 Å². The first-order chi connectivity index (χ1) is 9.34.